The molecule has 0 amide bonds. The Morgan fingerprint density at radius 3 is 2.47 bits per heavy atom. The Morgan fingerprint density at radius 2 is 1.93 bits per heavy atom. The SMILES string of the molecule is O=C(O)c1cc(-c2ccccc2)c(Br)s1. The molecule has 2 aromatic rings. The third-order valence-electron chi connectivity index (χ3n) is 1.98. The molecule has 0 radical (unpaired) electrons. The van der Waals surface area contributed by atoms with Crippen LogP contribution in [-0.2, 0) is 0 Å². The molecule has 1 N–H and O–H groups in total. The van der Waals surface area contributed by atoms with Crippen LogP contribution in [0.1, 0.15) is 9.67 Å². The molecule has 4 heteroatoms. The van der Waals surface area contributed by atoms with Crippen molar-refractivity contribution in [1.82, 2.24) is 0 Å². The van der Waals surface area contributed by atoms with Crippen LogP contribution in [0.15, 0.2) is 40.2 Å². The molecule has 0 atom stereocenters. The second-order valence-corrected chi connectivity index (χ2v) is 5.34. The van der Waals surface area contributed by atoms with Crippen LogP contribution >= 0.6 is 27.3 Å². The summed E-state index contributed by atoms with van der Waals surface area (Å²) in [5, 5.41) is 8.86. The summed E-state index contributed by atoms with van der Waals surface area (Å²) < 4.78 is 0.853. The summed E-state index contributed by atoms with van der Waals surface area (Å²) in [6, 6.07) is 11.4. The number of halogens is 1. The van der Waals surface area contributed by atoms with E-state index >= 15 is 0 Å². The van der Waals surface area contributed by atoms with Crippen molar-refractivity contribution < 1.29 is 9.90 Å². The van der Waals surface area contributed by atoms with Crippen molar-refractivity contribution in [3.63, 3.8) is 0 Å². The van der Waals surface area contributed by atoms with Gasteiger partial charge in [0.05, 0.1) is 3.79 Å². The quantitative estimate of drug-likeness (QED) is 0.908. The van der Waals surface area contributed by atoms with Crippen LogP contribution in [0, 0.1) is 0 Å². The van der Waals surface area contributed by atoms with E-state index in [-0.39, 0.29) is 0 Å². The highest BCUT2D eigenvalue weighted by Gasteiger charge is 2.12. The van der Waals surface area contributed by atoms with Crippen molar-refractivity contribution in [3.05, 3.63) is 45.1 Å². The van der Waals surface area contributed by atoms with Crippen LogP contribution in [-0.4, -0.2) is 11.1 Å². The number of carbonyl (C=O) groups is 1. The molecule has 0 bridgehead atoms. The van der Waals surface area contributed by atoms with Gasteiger partial charge in [0.1, 0.15) is 4.88 Å². The number of carboxylic acids is 1. The van der Waals surface area contributed by atoms with Gasteiger partial charge >= 0.3 is 5.97 Å². The van der Waals surface area contributed by atoms with E-state index in [1.165, 1.54) is 11.3 Å². The predicted molar refractivity (Wildman–Crippen MR) is 64.4 cm³/mol. The Bertz CT molecular complexity index is 491. The third kappa shape index (κ3) is 2.11. The van der Waals surface area contributed by atoms with E-state index in [1.807, 2.05) is 30.3 Å². The second kappa shape index (κ2) is 4.16. The first-order chi connectivity index (χ1) is 7.18. The maximum absolute atomic E-state index is 10.8. The maximum atomic E-state index is 10.8. The molecule has 2 rings (SSSR count). The lowest BCUT2D eigenvalue weighted by Crippen LogP contribution is -1.89. The Hall–Kier alpha value is -1.13. The molecule has 1 aromatic carbocycles. The highest BCUT2D eigenvalue weighted by Crippen LogP contribution is 2.35. The van der Waals surface area contributed by atoms with E-state index in [4.69, 9.17) is 5.11 Å². The minimum Gasteiger partial charge on any atom is -0.477 e. The summed E-state index contributed by atoms with van der Waals surface area (Å²) in [5.41, 5.74) is 1.95. The first-order valence-electron chi connectivity index (χ1n) is 4.26. The zero-order valence-corrected chi connectivity index (χ0v) is 10.0. The number of benzene rings is 1. The molecular formula is C11H7BrO2S. The van der Waals surface area contributed by atoms with Gasteiger partial charge in [-0.05, 0) is 27.6 Å². The van der Waals surface area contributed by atoms with E-state index in [9.17, 15) is 4.79 Å². The fourth-order valence-corrected chi connectivity index (χ4v) is 2.90. The Kier molecular flexibility index (Phi) is 2.88. The second-order valence-electron chi connectivity index (χ2n) is 2.97. The highest BCUT2D eigenvalue weighted by molar-refractivity contribution is 9.11. The lowest BCUT2D eigenvalue weighted by atomic mass is 10.1. The monoisotopic (exact) mass is 282 g/mol. The third-order valence-corrected chi connectivity index (χ3v) is 3.81. The molecule has 15 heavy (non-hydrogen) atoms. The molecule has 0 saturated heterocycles. The number of hydrogen-bond donors (Lipinski definition) is 1. The summed E-state index contributed by atoms with van der Waals surface area (Å²) in [6.07, 6.45) is 0. The largest absolute Gasteiger partial charge is 0.477 e. The summed E-state index contributed by atoms with van der Waals surface area (Å²) in [7, 11) is 0. The van der Waals surface area contributed by atoms with Gasteiger partial charge in [-0.3, -0.25) is 0 Å². The van der Waals surface area contributed by atoms with Crippen molar-refractivity contribution in [1.29, 1.82) is 0 Å². The standard InChI is InChI=1S/C11H7BrO2S/c12-10-8(6-9(15-10)11(13)14)7-4-2-1-3-5-7/h1-6H,(H,13,14). The van der Waals surface area contributed by atoms with E-state index < -0.39 is 5.97 Å². The molecule has 0 spiro atoms. The number of thiophene rings is 1. The zero-order chi connectivity index (χ0) is 10.8. The Morgan fingerprint density at radius 1 is 1.27 bits per heavy atom. The van der Waals surface area contributed by atoms with Crippen LogP contribution in [0.25, 0.3) is 11.1 Å². The van der Waals surface area contributed by atoms with Gasteiger partial charge in [0.15, 0.2) is 0 Å². The number of carboxylic acid groups (broad SMARTS) is 1. The van der Waals surface area contributed by atoms with Gasteiger partial charge in [0.2, 0.25) is 0 Å². The zero-order valence-electron chi connectivity index (χ0n) is 7.61. The Balaban J connectivity index is 2.50. The van der Waals surface area contributed by atoms with Crippen molar-refractivity contribution in [2.75, 3.05) is 0 Å². The first kappa shape index (κ1) is 10.4. The van der Waals surface area contributed by atoms with Gasteiger partial charge in [0.25, 0.3) is 0 Å². The van der Waals surface area contributed by atoms with E-state index in [0.29, 0.717) is 4.88 Å². The lowest BCUT2D eigenvalue weighted by Gasteiger charge is -1.96. The van der Waals surface area contributed by atoms with Crippen LogP contribution in [0.2, 0.25) is 0 Å². The van der Waals surface area contributed by atoms with E-state index in [1.54, 1.807) is 6.07 Å². The Labute approximate surface area is 99.3 Å². The fourth-order valence-electron chi connectivity index (χ4n) is 1.29. The lowest BCUT2D eigenvalue weighted by molar-refractivity contribution is 0.0702. The smallest absolute Gasteiger partial charge is 0.345 e. The highest BCUT2D eigenvalue weighted by atomic mass is 79.9. The van der Waals surface area contributed by atoms with Gasteiger partial charge < -0.3 is 5.11 Å². The summed E-state index contributed by atoms with van der Waals surface area (Å²) in [4.78, 5) is 11.1. The topological polar surface area (TPSA) is 37.3 Å². The molecule has 1 aromatic heterocycles. The predicted octanol–water partition coefficient (Wildman–Crippen LogP) is 3.88. The molecule has 0 fully saturated rings. The summed E-state index contributed by atoms with van der Waals surface area (Å²) in [6.45, 7) is 0. The van der Waals surface area contributed by atoms with Crippen molar-refractivity contribution >= 4 is 33.2 Å². The molecular weight excluding hydrogens is 276 g/mol. The van der Waals surface area contributed by atoms with Gasteiger partial charge in [-0.15, -0.1) is 11.3 Å². The van der Waals surface area contributed by atoms with Gasteiger partial charge in [-0.25, -0.2) is 4.79 Å². The van der Waals surface area contributed by atoms with E-state index in [2.05, 4.69) is 15.9 Å². The van der Waals surface area contributed by atoms with Gasteiger partial charge in [-0.2, -0.15) is 0 Å². The maximum Gasteiger partial charge on any atom is 0.345 e. The normalized spacial score (nSPS) is 10.2. The average molecular weight is 283 g/mol. The van der Waals surface area contributed by atoms with Crippen molar-refractivity contribution in [3.8, 4) is 11.1 Å². The van der Waals surface area contributed by atoms with Crippen molar-refractivity contribution in [2.45, 2.75) is 0 Å². The van der Waals surface area contributed by atoms with Crippen molar-refractivity contribution in [2.24, 2.45) is 0 Å². The molecule has 0 unspecified atom stereocenters. The first-order valence-corrected chi connectivity index (χ1v) is 5.87. The van der Waals surface area contributed by atoms with Crippen LogP contribution < -0.4 is 0 Å². The molecule has 2 nitrogen and oxygen atoms in total. The molecule has 1 heterocycles. The van der Waals surface area contributed by atoms with Crippen LogP contribution in [0.3, 0.4) is 0 Å². The van der Waals surface area contributed by atoms with Gasteiger partial charge in [0, 0.05) is 5.56 Å². The molecule has 0 aliphatic carbocycles. The minimum absolute atomic E-state index is 0.348. The van der Waals surface area contributed by atoms with Gasteiger partial charge in [-0.1, -0.05) is 30.3 Å². The fraction of sp³-hybridized carbons (Fsp3) is 0. The number of rotatable bonds is 2. The van der Waals surface area contributed by atoms with E-state index in [0.717, 1.165) is 14.9 Å². The minimum atomic E-state index is -0.886. The number of hydrogen-bond acceptors (Lipinski definition) is 2. The molecule has 0 aliphatic rings. The van der Waals surface area contributed by atoms with Crippen LogP contribution in [0.4, 0.5) is 0 Å². The average Bonchev–Trinajstić information content (AvgIpc) is 2.62. The summed E-state index contributed by atoms with van der Waals surface area (Å²) in [5.74, 6) is -0.886. The molecule has 0 aliphatic heterocycles. The van der Waals surface area contributed by atoms with Crippen LogP contribution in [0.5, 0.6) is 0 Å². The molecule has 0 saturated carbocycles. The molecule has 76 valence electrons. The number of aromatic carboxylic acids is 1. The summed E-state index contributed by atoms with van der Waals surface area (Å²) >= 11 is 4.61.